The van der Waals surface area contributed by atoms with Crippen LogP contribution in [0.5, 0.6) is 0 Å². The van der Waals surface area contributed by atoms with Crippen LogP contribution >= 0.6 is 0 Å². The zero-order chi connectivity index (χ0) is 10.1. The van der Waals surface area contributed by atoms with Gasteiger partial charge in [-0.2, -0.15) is 0 Å². The Balaban J connectivity index is 3.16. The highest BCUT2D eigenvalue weighted by molar-refractivity contribution is 5.86. The maximum atomic E-state index is 10.9. The molecule has 75 valence electrons. The molecule has 0 amide bonds. The van der Waals surface area contributed by atoms with E-state index in [0.29, 0.717) is 12.2 Å². The minimum atomic E-state index is -0.308. The highest BCUT2D eigenvalue weighted by atomic mass is 16.5. The molecule has 0 aromatic rings. The van der Waals surface area contributed by atoms with Gasteiger partial charge in [0.2, 0.25) is 0 Å². The quantitative estimate of drug-likeness (QED) is 0.368. The summed E-state index contributed by atoms with van der Waals surface area (Å²) in [4.78, 5) is 10.9. The predicted molar refractivity (Wildman–Crippen MR) is 53.2 cm³/mol. The fourth-order valence-corrected chi connectivity index (χ4v) is 0.735. The van der Waals surface area contributed by atoms with Gasteiger partial charge in [-0.25, -0.2) is 4.79 Å². The van der Waals surface area contributed by atoms with Crippen LogP contribution in [0.1, 0.15) is 19.8 Å². The third kappa shape index (κ3) is 7.53. The third-order valence-electron chi connectivity index (χ3n) is 1.43. The first-order valence-corrected chi connectivity index (χ1v) is 4.51. The van der Waals surface area contributed by atoms with Crippen molar-refractivity contribution in [2.75, 3.05) is 19.7 Å². The Morgan fingerprint density at radius 2 is 2.15 bits per heavy atom. The zero-order valence-electron chi connectivity index (χ0n) is 8.27. The fraction of sp³-hybridized carbons (Fsp3) is 0.600. The maximum absolute atomic E-state index is 10.9. The molecule has 0 fully saturated rings. The van der Waals surface area contributed by atoms with Gasteiger partial charge in [0, 0.05) is 5.57 Å². The van der Waals surface area contributed by atoms with E-state index < -0.39 is 0 Å². The number of esters is 1. The lowest BCUT2D eigenvalue weighted by Gasteiger charge is -2.04. The van der Waals surface area contributed by atoms with Crippen LogP contribution in [0.2, 0.25) is 0 Å². The maximum Gasteiger partial charge on any atom is 0.333 e. The van der Waals surface area contributed by atoms with Gasteiger partial charge < -0.3 is 10.1 Å². The normalized spacial score (nSPS) is 9.69. The van der Waals surface area contributed by atoms with Crippen molar-refractivity contribution in [3.05, 3.63) is 19.1 Å². The minimum Gasteiger partial charge on any atom is -0.462 e. The molecule has 3 heteroatoms. The number of nitrogens with one attached hydrogen (secondary N) is 1. The molecule has 0 unspecified atom stereocenters. The van der Waals surface area contributed by atoms with Crippen molar-refractivity contribution in [2.45, 2.75) is 19.8 Å². The molecule has 0 atom stereocenters. The van der Waals surface area contributed by atoms with Crippen LogP contribution in [0.15, 0.2) is 12.2 Å². The molecular formula is C10H18NO2. The molecule has 0 heterocycles. The van der Waals surface area contributed by atoms with Crippen LogP contribution in [0, 0.1) is 6.92 Å². The Morgan fingerprint density at radius 3 is 2.69 bits per heavy atom. The third-order valence-corrected chi connectivity index (χ3v) is 1.43. The summed E-state index contributed by atoms with van der Waals surface area (Å²) in [7, 11) is 0. The smallest absolute Gasteiger partial charge is 0.333 e. The predicted octanol–water partition coefficient (Wildman–Crippen LogP) is 1.31. The second kappa shape index (κ2) is 7.80. The molecule has 0 aliphatic carbocycles. The number of carbonyl (C=O) groups is 1. The topological polar surface area (TPSA) is 38.3 Å². The molecule has 0 rings (SSSR count). The van der Waals surface area contributed by atoms with E-state index in [1.54, 1.807) is 6.92 Å². The standard InChI is InChI=1S/C10H18NO2/c1-4-6-11-7-5-8-13-10(12)9(2)3/h11H,1-2,4-8H2,3H3. The van der Waals surface area contributed by atoms with Crippen molar-refractivity contribution in [1.29, 1.82) is 0 Å². The van der Waals surface area contributed by atoms with Crippen LogP contribution < -0.4 is 5.32 Å². The monoisotopic (exact) mass is 184 g/mol. The Bertz CT molecular complexity index is 166. The lowest BCUT2D eigenvalue weighted by Crippen LogP contribution is -2.18. The summed E-state index contributed by atoms with van der Waals surface area (Å²) in [6.07, 6.45) is 1.71. The number of carbonyl (C=O) groups excluding carboxylic acids is 1. The molecule has 1 radical (unpaired) electrons. The van der Waals surface area contributed by atoms with Crippen molar-refractivity contribution in [3.8, 4) is 0 Å². The molecule has 13 heavy (non-hydrogen) atoms. The van der Waals surface area contributed by atoms with E-state index in [-0.39, 0.29) is 5.97 Å². The number of hydrogen-bond acceptors (Lipinski definition) is 3. The molecular weight excluding hydrogens is 166 g/mol. The lowest BCUT2D eigenvalue weighted by atomic mass is 10.3. The molecule has 0 saturated heterocycles. The van der Waals surface area contributed by atoms with Gasteiger partial charge in [0.15, 0.2) is 0 Å². The van der Waals surface area contributed by atoms with Gasteiger partial charge in [0.05, 0.1) is 6.61 Å². The average molecular weight is 184 g/mol. The SMILES string of the molecule is [CH2]CCNCCCOC(=O)C(=C)C. The van der Waals surface area contributed by atoms with Crippen molar-refractivity contribution in [3.63, 3.8) is 0 Å². The van der Waals surface area contributed by atoms with E-state index in [1.807, 2.05) is 0 Å². The average Bonchev–Trinajstić information content (AvgIpc) is 2.10. The molecule has 0 aliphatic heterocycles. The summed E-state index contributed by atoms with van der Waals surface area (Å²) in [6, 6.07) is 0. The van der Waals surface area contributed by atoms with Crippen LogP contribution in [-0.4, -0.2) is 25.7 Å². The summed E-state index contributed by atoms with van der Waals surface area (Å²) in [5, 5.41) is 3.16. The summed E-state index contributed by atoms with van der Waals surface area (Å²) in [5.74, 6) is -0.308. The van der Waals surface area contributed by atoms with Gasteiger partial charge in [-0.05, 0) is 32.9 Å². The highest BCUT2D eigenvalue weighted by Crippen LogP contribution is 1.92. The molecule has 1 N–H and O–H groups in total. The second-order valence-corrected chi connectivity index (χ2v) is 2.87. The van der Waals surface area contributed by atoms with E-state index in [4.69, 9.17) is 4.74 Å². The Labute approximate surface area is 80.2 Å². The van der Waals surface area contributed by atoms with Crippen molar-refractivity contribution < 1.29 is 9.53 Å². The van der Waals surface area contributed by atoms with Gasteiger partial charge >= 0.3 is 5.97 Å². The van der Waals surface area contributed by atoms with Gasteiger partial charge in [0.1, 0.15) is 0 Å². The Morgan fingerprint density at radius 1 is 1.46 bits per heavy atom. The summed E-state index contributed by atoms with van der Waals surface area (Å²) < 4.78 is 4.89. The van der Waals surface area contributed by atoms with Gasteiger partial charge in [-0.3, -0.25) is 0 Å². The first-order valence-electron chi connectivity index (χ1n) is 4.51. The fourth-order valence-electron chi connectivity index (χ4n) is 0.735. The van der Waals surface area contributed by atoms with Gasteiger partial charge in [-0.15, -0.1) is 0 Å². The van der Waals surface area contributed by atoms with E-state index >= 15 is 0 Å². The van der Waals surface area contributed by atoms with Gasteiger partial charge in [-0.1, -0.05) is 13.5 Å². The van der Waals surface area contributed by atoms with Crippen LogP contribution in [0.25, 0.3) is 0 Å². The number of hydrogen-bond donors (Lipinski definition) is 1. The van der Waals surface area contributed by atoms with Crippen molar-refractivity contribution in [1.82, 2.24) is 5.32 Å². The van der Waals surface area contributed by atoms with Gasteiger partial charge in [0.25, 0.3) is 0 Å². The lowest BCUT2D eigenvalue weighted by molar-refractivity contribution is -0.139. The minimum absolute atomic E-state index is 0.308. The summed E-state index contributed by atoms with van der Waals surface area (Å²) in [5.41, 5.74) is 0.450. The van der Waals surface area contributed by atoms with E-state index in [0.717, 1.165) is 25.9 Å². The largest absolute Gasteiger partial charge is 0.462 e. The molecule has 0 bridgehead atoms. The van der Waals surface area contributed by atoms with Crippen LogP contribution in [0.4, 0.5) is 0 Å². The zero-order valence-corrected chi connectivity index (χ0v) is 8.27. The highest BCUT2D eigenvalue weighted by Gasteiger charge is 2.00. The molecule has 0 saturated carbocycles. The van der Waals surface area contributed by atoms with E-state index in [9.17, 15) is 4.79 Å². The molecule has 0 aromatic carbocycles. The molecule has 0 aliphatic rings. The first kappa shape index (κ1) is 12.2. The Kier molecular flexibility index (Phi) is 7.30. The van der Waals surface area contributed by atoms with Crippen LogP contribution in [-0.2, 0) is 9.53 Å². The summed E-state index contributed by atoms with van der Waals surface area (Å²) in [6.45, 7) is 11.0. The van der Waals surface area contributed by atoms with Crippen molar-refractivity contribution >= 4 is 5.97 Å². The summed E-state index contributed by atoms with van der Waals surface area (Å²) >= 11 is 0. The first-order chi connectivity index (χ1) is 6.18. The van der Waals surface area contributed by atoms with Crippen LogP contribution in [0.3, 0.4) is 0 Å². The second-order valence-electron chi connectivity index (χ2n) is 2.87. The van der Waals surface area contributed by atoms with E-state index in [2.05, 4.69) is 18.8 Å². The number of rotatable bonds is 7. The molecule has 0 aromatic heterocycles. The Hall–Kier alpha value is -0.830. The number of ether oxygens (including phenoxy) is 1. The van der Waals surface area contributed by atoms with Crippen molar-refractivity contribution in [2.24, 2.45) is 0 Å². The molecule has 3 nitrogen and oxygen atoms in total. The van der Waals surface area contributed by atoms with E-state index in [1.165, 1.54) is 0 Å². The molecule has 0 spiro atoms.